The summed E-state index contributed by atoms with van der Waals surface area (Å²) in [6.07, 6.45) is 7.56. The average molecular weight is 549 g/mol. The molecule has 2 aromatic rings. The summed E-state index contributed by atoms with van der Waals surface area (Å²) in [5.41, 5.74) is 2.69. The van der Waals surface area contributed by atoms with Gasteiger partial charge in [0, 0.05) is 31.7 Å². The largest absolute Gasteiger partial charge is 0.357 e. The van der Waals surface area contributed by atoms with Gasteiger partial charge in [-0.1, -0.05) is 74.6 Å². The summed E-state index contributed by atoms with van der Waals surface area (Å²) in [7, 11) is 0. The molecule has 8 heteroatoms. The Bertz CT molecular complexity index is 1320. The zero-order valence-corrected chi connectivity index (χ0v) is 24.2. The van der Waals surface area contributed by atoms with Crippen LogP contribution in [-0.2, 0) is 17.8 Å². The Hall–Kier alpha value is -2.89. The first-order valence-corrected chi connectivity index (χ1v) is 14.8. The second kappa shape index (κ2) is 12.8. The van der Waals surface area contributed by atoms with Crippen LogP contribution in [0.1, 0.15) is 68.2 Å². The molecule has 2 aliphatic rings. The highest BCUT2D eigenvalue weighted by atomic mass is 32.2. The molecule has 2 aliphatic heterocycles. The Morgan fingerprint density at radius 2 is 1.82 bits per heavy atom. The van der Waals surface area contributed by atoms with E-state index in [4.69, 9.17) is 12.2 Å². The van der Waals surface area contributed by atoms with Crippen LogP contribution in [0, 0.1) is 24.2 Å². The van der Waals surface area contributed by atoms with E-state index in [0.717, 1.165) is 63.0 Å². The molecule has 0 saturated carbocycles. The van der Waals surface area contributed by atoms with Gasteiger partial charge in [0.2, 0.25) is 0 Å². The number of rotatable bonds is 9. The number of piperidine rings is 1. The first kappa shape index (κ1) is 28.1. The summed E-state index contributed by atoms with van der Waals surface area (Å²) in [6, 6.07) is 12.7. The molecule has 0 bridgehead atoms. The number of anilines is 1. The van der Waals surface area contributed by atoms with Gasteiger partial charge in [0.1, 0.15) is 21.8 Å². The summed E-state index contributed by atoms with van der Waals surface area (Å²) in [5, 5.41) is 9.92. The molecule has 0 N–H and O–H groups in total. The zero-order valence-electron chi connectivity index (χ0n) is 22.5. The Morgan fingerprint density at radius 1 is 1.11 bits per heavy atom. The van der Waals surface area contributed by atoms with Crippen molar-refractivity contribution in [1.29, 1.82) is 5.26 Å². The van der Waals surface area contributed by atoms with Crippen molar-refractivity contribution in [2.75, 3.05) is 24.5 Å². The zero-order chi connectivity index (χ0) is 27.2. The third-order valence-corrected chi connectivity index (χ3v) is 8.84. The van der Waals surface area contributed by atoms with E-state index in [1.165, 1.54) is 17.3 Å². The molecule has 0 spiro atoms. The highest BCUT2D eigenvalue weighted by Crippen LogP contribution is 2.37. The van der Waals surface area contributed by atoms with Gasteiger partial charge in [0.15, 0.2) is 0 Å². The second-order valence-corrected chi connectivity index (χ2v) is 11.8. The maximum Gasteiger partial charge on any atom is 0.270 e. The predicted molar refractivity (Wildman–Crippen MR) is 160 cm³/mol. The minimum Gasteiger partial charge on any atom is -0.357 e. The van der Waals surface area contributed by atoms with Crippen LogP contribution in [0.5, 0.6) is 0 Å². The number of nitrogens with zero attached hydrogens (tertiary/aromatic N) is 4. The standard InChI is InChI=1S/C30H36N4O2S2/c1-4-6-15-33-27(32-16-12-23(13-17-32)18-22-10-8-7-9-11-22)24(21(3)25(20-31)28(33)35)19-26-29(36)34(14-5-2)30(37)38-26/h7-11,19,23H,4-6,12-18H2,1-3H3. The smallest absolute Gasteiger partial charge is 0.270 e. The monoisotopic (exact) mass is 548 g/mol. The van der Waals surface area contributed by atoms with Crippen LogP contribution in [0.4, 0.5) is 5.82 Å². The Balaban J connectivity index is 1.74. The van der Waals surface area contributed by atoms with Gasteiger partial charge in [-0.25, -0.2) is 0 Å². The topological polar surface area (TPSA) is 69.3 Å². The molecule has 1 aromatic heterocycles. The summed E-state index contributed by atoms with van der Waals surface area (Å²) < 4.78 is 2.34. The van der Waals surface area contributed by atoms with Crippen LogP contribution < -0.4 is 10.5 Å². The number of carbonyl (C=O) groups excluding carboxylic acids is 1. The van der Waals surface area contributed by atoms with Crippen molar-refractivity contribution in [3.63, 3.8) is 0 Å². The van der Waals surface area contributed by atoms with E-state index in [2.05, 4.69) is 42.2 Å². The highest BCUT2D eigenvalue weighted by Gasteiger charge is 2.33. The molecular weight excluding hydrogens is 512 g/mol. The lowest BCUT2D eigenvalue weighted by molar-refractivity contribution is -0.122. The molecule has 38 heavy (non-hydrogen) atoms. The maximum atomic E-state index is 13.5. The van der Waals surface area contributed by atoms with Gasteiger partial charge in [-0.15, -0.1) is 0 Å². The Labute approximate surface area is 235 Å². The quantitative estimate of drug-likeness (QED) is 0.287. The lowest BCUT2D eigenvalue weighted by atomic mass is 9.90. The average Bonchev–Trinajstić information content (AvgIpc) is 3.18. The maximum absolute atomic E-state index is 13.5. The van der Waals surface area contributed by atoms with E-state index in [1.807, 2.05) is 26.0 Å². The van der Waals surface area contributed by atoms with E-state index in [0.29, 0.717) is 33.8 Å². The number of pyridine rings is 1. The van der Waals surface area contributed by atoms with Crippen LogP contribution >= 0.6 is 24.0 Å². The number of nitriles is 1. The van der Waals surface area contributed by atoms with Crippen molar-refractivity contribution >= 4 is 46.1 Å². The Morgan fingerprint density at radius 3 is 2.45 bits per heavy atom. The van der Waals surface area contributed by atoms with Crippen LogP contribution in [0.15, 0.2) is 40.0 Å². The molecular formula is C30H36N4O2S2. The number of benzene rings is 1. The number of hydrogen-bond donors (Lipinski definition) is 0. The van der Waals surface area contributed by atoms with E-state index in [-0.39, 0.29) is 17.0 Å². The molecule has 0 unspecified atom stereocenters. The first-order valence-electron chi connectivity index (χ1n) is 13.6. The first-order chi connectivity index (χ1) is 18.4. The van der Waals surface area contributed by atoms with Gasteiger partial charge < -0.3 is 4.90 Å². The lowest BCUT2D eigenvalue weighted by Crippen LogP contribution is -2.40. The fourth-order valence-corrected chi connectivity index (χ4v) is 6.64. The molecule has 3 heterocycles. The van der Waals surface area contributed by atoms with Gasteiger partial charge in [0.05, 0.1) is 4.91 Å². The van der Waals surface area contributed by atoms with Gasteiger partial charge in [-0.3, -0.25) is 19.1 Å². The van der Waals surface area contributed by atoms with E-state index < -0.39 is 0 Å². The number of carbonyl (C=O) groups is 1. The molecule has 1 aromatic carbocycles. The van der Waals surface area contributed by atoms with Crippen molar-refractivity contribution < 1.29 is 4.79 Å². The third-order valence-electron chi connectivity index (χ3n) is 7.46. The summed E-state index contributed by atoms with van der Waals surface area (Å²) >= 11 is 6.80. The van der Waals surface area contributed by atoms with Crippen LogP contribution in [0.2, 0.25) is 0 Å². The molecule has 2 fully saturated rings. The van der Waals surface area contributed by atoms with E-state index in [1.54, 1.807) is 9.47 Å². The van der Waals surface area contributed by atoms with Gasteiger partial charge in [-0.2, -0.15) is 5.26 Å². The van der Waals surface area contributed by atoms with Crippen LogP contribution in [0.25, 0.3) is 6.08 Å². The molecule has 200 valence electrons. The molecule has 1 amide bonds. The van der Waals surface area contributed by atoms with Crippen molar-refractivity contribution in [3.05, 3.63) is 67.8 Å². The van der Waals surface area contributed by atoms with Crippen LogP contribution in [0.3, 0.4) is 0 Å². The fraction of sp³-hybridized carbons (Fsp3) is 0.467. The van der Waals surface area contributed by atoms with Crippen molar-refractivity contribution in [2.24, 2.45) is 5.92 Å². The normalized spacial score (nSPS) is 17.5. The number of aromatic nitrogens is 1. The number of unbranched alkanes of at least 4 members (excludes halogenated alkanes) is 1. The van der Waals surface area contributed by atoms with Crippen molar-refractivity contribution in [2.45, 2.75) is 65.8 Å². The number of thiocarbonyl (C=S) groups is 1. The summed E-state index contributed by atoms with van der Waals surface area (Å²) in [6.45, 7) is 8.73. The van der Waals surface area contributed by atoms with E-state index >= 15 is 0 Å². The minimum atomic E-state index is -0.240. The fourth-order valence-electron chi connectivity index (χ4n) is 5.35. The van der Waals surface area contributed by atoms with Gasteiger partial charge >= 0.3 is 0 Å². The molecule has 0 atom stereocenters. The number of hydrogen-bond acceptors (Lipinski definition) is 6. The van der Waals surface area contributed by atoms with Crippen molar-refractivity contribution in [1.82, 2.24) is 9.47 Å². The van der Waals surface area contributed by atoms with Crippen molar-refractivity contribution in [3.8, 4) is 6.07 Å². The molecule has 4 rings (SSSR count). The Kier molecular flexibility index (Phi) is 9.45. The third kappa shape index (κ3) is 5.89. The predicted octanol–water partition coefficient (Wildman–Crippen LogP) is 5.90. The highest BCUT2D eigenvalue weighted by molar-refractivity contribution is 8.26. The van der Waals surface area contributed by atoms with Gasteiger partial charge in [0.25, 0.3) is 11.5 Å². The number of amides is 1. The van der Waals surface area contributed by atoms with E-state index in [9.17, 15) is 14.9 Å². The van der Waals surface area contributed by atoms with Gasteiger partial charge in [-0.05, 0) is 62.1 Å². The number of thioether (sulfide) groups is 1. The summed E-state index contributed by atoms with van der Waals surface area (Å²) in [5.74, 6) is 1.31. The lowest BCUT2D eigenvalue weighted by Gasteiger charge is -2.36. The molecule has 2 saturated heterocycles. The van der Waals surface area contributed by atoms with Crippen LogP contribution in [-0.4, -0.2) is 39.3 Å². The second-order valence-electron chi connectivity index (χ2n) is 10.1. The minimum absolute atomic E-state index is 0.0985. The summed E-state index contributed by atoms with van der Waals surface area (Å²) in [4.78, 5) is 31.2. The molecule has 0 aliphatic carbocycles. The molecule has 0 radical (unpaired) electrons. The SMILES string of the molecule is CCCCn1c(N2CCC(Cc3ccccc3)CC2)c(C=C2SC(=S)N(CCC)C2=O)c(C)c(C#N)c1=O. The molecule has 6 nitrogen and oxygen atoms in total.